The van der Waals surface area contributed by atoms with Crippen molar-refractivity contribution in [3.8, 4) is 6.07 Å². The van der Waals surface area contributed by atoms with Crippen LogP contribution in [0.2, 0.25) is 0 Å². The summed E-state index contributed by atoms with van der Waals surface area (Å²) in [6, 6.07) is 1.68. The van der Waals surface area contributed by atoms with Crippen molar-refractivity contribution in [2.24, 2.45) is 5.92 Å². The van der Waals surface area contributed by atoms with Crippen molar-refractivity contribution >= 4 is 11.8 Å². The first kappa shape index (κ1) is 15.5. The molecule has 5 heteroatoms. The maximum Gasteiger partial charge on any atom is 0.245 e. The minimum atomic E-state index is -0.381. The van der Waals surface area contributed by atoms with Crippen molar-refractivity contribution in [2.45, 2.75) is 46.1 Å². The molecule has 0 spiro atoms. The number of rotatable bonds is 6. The Balaban J connectivity index is 2.83. The monoisotopic (exact) mass is 265 g/mol. The molecule has 0 aromatic rings. The van der Waals surface area contributed by atoms with Gasteiger partial charge in [-0.05, 0) is 19.3 Å². The molecule has 19 heavy (non-hydrogen) atoms. The number of carbonyl (C=O) groups excluding carboxylic acids is 2. The molecule has 0 saturated carbocycles. The summed E-state index contributed by atoms with van der Waals surface area (Å²) in [6.07, 6.45) is 1.71. The molecule has 0 aromatic carbocycles. The number of likely N-dealkylation sites (N-methyl/N-ethyl adjacent to an activating group) is 1. The highest BCUT2D eigenvalue weighted by Gasteiger charge is 2.36. The van der Waals surface area contributed by atoms with Gasteiger partial charge in [-0.1, -0.05) is 13.8 Å². The molecule has 1 aliphatic rings. The number of hydrogen-bond donors (Lipinski definition) is 0. The van der Waals surface area contributed by atoms with Crippen LogP contribution < -0.4 is 0 Å². The van der Waals surface area contributed by atoms with Gasteiger partial charge in [0.25, 0.3) is 0 Å². The lowest BCUT2D eigenvalue weighted by Gasteiger charge is -2.34. The number of carbonyl (C=O) groups is 2. The molecule has 106 valence electrons. The van der Waals surface area contributed by atoms with Crippen molar-refractivity contribution in [3.05, 3.63) is 0 Å². The highest BCUT2D eigenvalue weighted by atomic mass is 16.2. The van der Waals surface area contributed by atoms with Crippen molar-refractivity contribution in [1.82, 2.24) is 9.80 Å². The summed E-state index contributed by atoms with van der Waals surface area (Å²) in [7, 11) is 0. The molecule has 1 heterocycles. The molecule has 0 N–H and O–H groups in total. The van der Waals surface area contributed by atoms with E-state index in [1.54, 1.807) is 9.80 Å². The summed E-state index contributed by atoms with van der Waals surface area (Å²) in [5.74, 6) is 0.136. The summed E-state index contributed by atoms with van der Waals surface area (Å²) in [4.78, 5) is 27.8. The van der Waals surface area contributed by atoms with Gasteiger partial charge in [-0.3, -0.25) is 9.59 Å². The van der Waals surface area contributed by atoms with E-state index in [-0.39, 0.29) is 23.8 Å². The van der Waals surface area contributed by atoms with E-state index in [1.165, 1.54) is 0 Å². The van der Waals surface area contributed by atoms with E-state index in [0.29, 0.717) is 32.5 Å². The minimum Gasteiger partial charge on any atom is -0.340 e. The molecular formula is C14H23N3O2. The third-order valence-corrected chi connectivity index (χ3v) is 3.52. The molecule has 1 fully saturated rings. The van der Waals surface area contributed by atoms with Crippen LogP contribution in [0.5, 0.6) is 0 Å². The molecule has 5 nitrogen and oxygen atoms in total. The quantitative estimate of drug-likeness (QED) is 0.729. The molecule has 1 unspecified atom stereocenters. The van der Waals surface area contributed by atoms with Crippen LogP contribution >= 0.6 is 0 Å². The van der Waals surface area contributed by atoms with Crippen LogP contribution in [-0.4, -0.2) is 47.3 Å². The lowest BCUT2D eigenvalue weighted by Crippen LogP contribution is -2.52. The summed E-state index contributed by atoms with van der Waals surface area (Å²) in [6.45, 7) is 7.52. The zero-order chi connectivity index (χ0) is 14.4. The standard InChI is InChI=1S/C14H23N3O2/c1-4-16(9-6-8-15)14(19)13(11(2)3)17-10-5-7-12(17)18/h11,13H,4-7,9-10H2,1-3H3. The Hall–Kier alpha value is -1.57. The third-order valence-electron chi connectivity index (χ3n) is 3.52. The van der Waals surface area contributed by atoms with Crippen LogP contribution in [0.1, 0.15) is 40.0 Å². The summed E-state index contributed by atoms with van der Waals surface area (Å²) in [5.41, 5.74) is 0. The van der Waals surface area contributed by atoms with Gasteiger partial charge in [0, 0.05) is 26.1 Å². The Morgan fingerprint density at radius 2 is 2.21 bits per heavy atom. The Bertz CT molecular complexity index is 373. The maximum atomic E-state index is 12.6. The smallest absolute Gasteiger partial charge is 0.245 e. The molecule has 0 bridgehead atoms. The fraction of sp³-hybridized carbons (Fsp3) is 0.786. The van der Waals surface area contributed by atoms with Crippen molar-refractivity contribution in [2.75, 3.05) is 19.6 Å². The second-order valence-electron chi connectivity index (χ2n) is 5.21. The molecule has 1 rings (SSSR count). The second kappa shape index (κ2) is 7.13. The molecule has 1 aliphatic heterocycles. The van der Waals surface area contributed by atoms with Crippen LogP contribution in [0, 0.1) is 17.2 Å². The van der Waals surface area contributed by atoms with Crippen LogP contribution in [-0.2, 0) is 9.59 Å². The van der Waals surface area contributed by atoms with Crippen LogP contribution in [0.4, 0.5) is 0 Å². The summed E-state index contributed by atoms with van der Waals surface area (Å²) in [5, 5.41) is 8.64. The number of nitriles is 1. The lowest BCUT2D eigenvalue weighted by molar-refractivity contribution is -0.145. The average molecular weight is 265 g/mol. The molecular weight excluding hydrogens is 242 g/mol. The molecule has 2 amide bonds. The van der Waals surface area contributed by atoms with Gasteiger partial charge in [-0.2, -0.15) is 5.26 Å². The van der Waals surface area contributed by atoms with Gasteiger partial charge in [0.05, 0.1) is 12.5 Å². The molecule has 0 aliphatic carbocycles. The van der Waals surface area contributed by atoms with E-state index < -0.39 is 0 Å². The fourth-order valence-corrected chi connectivity index (χ4v) is 2.54. The number of nitrogens with zero attached hydrogens (tertiary/aromatic N) is 3. The average Bonchev–Trinajstić information content (AvgIpc) is 2.76. The lowest BCUT2D eigenvalue weighted by atomic mass is 10.0. The van der Waals surface area contributed by atoms with Crippen molar-refractivity contribution in [1.29, 1.82) is 5.26 Å². The largest absolute Gasteiger partial charge is 0.340 e. The first-order valence-electron chi connectivity index (χ1n) is 6.98. The topological polar surface area (TPSA) is 64.4 Å². The van der Waals surface area contributed by atoms with E-state index in [4.69, 9.17) is 5.26 Å². The van der Waals surface area contributed by atoms with Crippen molar-refractivity contribution in [3.63, 3.8) is 0 Å². The Labute approximate surface area is 115 Å². The normalized spacial score (nSPS) is 16.6. The predicted octanol–water partition coefficient (Wildman–Crippen LogP) is 1.40. The Morgan fingerprint density at radius 3 is 2.63 bits per heavy atom. The predicted molar refractivity (Wildman–Crippen MR) is 72.1 cm³/mol. The van der Waals surface area contributed by atoms with E-state index in [2.05, 4.69) is 6.07 Å². The summed E-state index contributed by atoms with van der Waals surface area (Å²) < 4.78 is 0. The number of amides is 2. The third kappa shape index (κ3) is 3.69. The van der Waals surface area contributed by atoms with Crippen LogP contribution in [0.3, 0.4) is 0 Å². The zero-order valence-corrected chi connectivity index (χ0v) is 12.1. The van der Waals surface area contributed by atoms with Gasteiger partial charge >= 0.3 is 0 Å². The SMILES string of the molecule is CCN(CCC#N)C(=O)C(C(C)C)N1CCCC1=O. The van der Waals surface area contributed by atoms with Gasteiger partial charge in [0.2, 0.25) is 11.8 Å². The first-order valence-corrected chi connectivity index (χ1v) is 6.98. The Morgan fingerprint density at radius 1 is 1.53 bits per heavy atom. The molecule has 0 aromatic heterocycles. The van der Waals surface area contributed by atoms with Gasteiger partial charge in [0.1, 0.15) is 6.04 Å². The molecule has 1 atom stereocenters. The first-order chi connectivity index (χ1) is 9.02. The maximum absolute atomic E-state index is 12.6. The van der Waals surface area contributed by atoms with Gasteiger partial charge in [0.15, 0.2) is 0 Å². The fourth-order valence-electron chi connectivity index (χ4n) is 2.54. The summed E-state index contributed by atoms with van der Waals surface area (Å²) >= 11 is 0. The number of hydrogen-bond acceptors (Lipinski definition) is 3. The Kier molecular flexibility index (Phi) is 5.81. The molecule has 0 radical (unpaired) electrons. The van der Waals surface area contributed by atoms with E-state index in [9.17, 15) is 9.59 Å². The number of likely N-dealkylation sites (tertiary alicyclic amines) is 1. The zero-order valence-electron chi connectivity index (χ0n) is 12.1. The van der Waals surface area contributed by atoms with Crippen molar-refractivity contribution < 1.29 is 9.59 Å². The van der Waals surface area contributed by atoms with Crippen LogP contribution in [0.15, 0.2) is 0 Å². The molecule has 1 saturated heterocycles. The minimum absolute atomic E-state index is 0.0250. The van der Waals surface area contributed by atoms with Gasteiger partial charge in [-0.15, -0.1) is 0 Å². The van der Waals surface area contributed by atoms with Gasteiger partial charge < -0.3 is 9.80 Å². The second-order valence-corrected chi connectivity index (χ2v) is 5.21. The van der Waals surface area contributed by atoms with Crippen LogP contribution in [0.25, 0.3) is 0 Å². The van der Waals surface area contributed by atoms with E-state index in [1.807, 2.05) is 20.8 Å². The highest BCUT2D eigenvalue weighted by Crippen LogP contribution is 2.21. The highest BCUT2D eigenvalue weighted by molar-refractivity contribution is 5.88. The van der Waals surface area contributed by atoms with E-state index >= 15 is 0 Å². The van der Waals surface area contributed by atoms with Gasteiger partial charge in [-0.25, -0.2) is 0 Å². The van der Waals surface area contributed by atoms with E-state index in [0.717, 1.165) is 6.42 Å².